The Morgan fingerprint density at radius 3 is 2.50 bits per heavy atom. The molecular weight excluding hydrogens is 226 g/mol. The molecule has 2 N–H and O–H groups in total. The van der Waals surface area contributed by atoms with Crippen molar-refractivity contribution in [3.05, 3.63) is 0 Å². The Balaban J connectivity index is 2.74. The summed E-state index contributed by atoms with van der Waals surface area (Å²) in [4.78, 5) is 11.5. The van der Waals surface area contributed by atoms with Crippen LogP contribution in [0.1, 0.15) is 66.2 Å². The molecule has 0 amide bonds. The predicted octanol–water partition coefficient (Wildman–Crippen LogP) is 3.43. The van der Waals surface area contributed by atoms with Gasteiger partial charge in [0.1, 0.15) is 5.54 Å². The van der Waals surface area contributed by atoms with E-state index in [0.717, 1.165) is 12.8 Å². The lowest BCUT2D eigenvalue weighted by Crippen LogP contribution is -2.57. The standard InChI is InChI=1S/C15H29NO2/c1-5-10-15(4,14(17)18)16-13-9-7-6-8-12(13)11(2)3/h11-13,16H,5-10H2,1-4H3,(H,17,18). The van der Waals surface area contributed by atoms with Gasteiger partial charge in [0.25, 0.3) is 0 Å². The van der Waals surface area contributed by atoms with Crippen molar-refractivity contribution in [2.75, 3.05) is 0 Å². The molecule has 1 rings (SSSR count). The van der Waals surface area contributed by atoms with Gasteiger partial charge in [-0.3, -0.25) is 10.1 Å². The zero-order chi connectivity index (χ0) is 13.8. The van der Waals surface area contributed by atoms with Crippen LogP contribution in [0.25, 0.3) is 0 Å². The topological polar surface area (TPSA) is 49.3 Å². The highest BCUT2D eigenvalue weighted by Crippen LogP contribution is 2.32. The fraction of sp³-hybridized carbons (Fsp3) is 0.933. The lowest BCUT2D eigenvalue weighted by Gasteiger charge is -2.40. The van der Waals surface area contributed by atoms with Gasteiger partial charge < -0.3 is 5.11 Å². The largest absolute Gasteiger partial charge is 0.480 e. The van der Waals surface area contributed by atoms with E-state index in [1.807, 2.05) is 13.8 Å². The second kappa shape index (κ2) is 6.55. The molecule has 18 heavy (non-hydrogen) atoms. The molecule has 0 spiro atoms. The summed E-state index contributed by atoms with van der Waals surface area (Å²) in [6.45, 7) is 8.39. The number of hydrogen-bond acceptors (Lipinski definition) is 2. The van der Waals surface area contributed by atoms with Gasteiger partial charge in [0.15, 0.2) is 0 Å². The van der Waals surface area contributed by atoms with Crippen molar-refractivity contribution in [1.82, 2.24) is 5.32 Å². The Morgan fingerprint density at radius 2 is 2.00 bits per heavy atom. The van der Waals surface area contributed by atoms with Crippen LogP contribution in [-0.2, 0) is 4.79 Å². The maximum absolute atomic E-state index is 11.5. The molecule has 0 aliphatic heterocycles. The van der Waals surface area contributed by atoms with E-state index in [0.29, 0.717) is 24.3 Å². The predicted molar refractivity (Wildman–Crippen MR) is 74.7 cm³/mol. The molecule has 0 bridgehead atoms. The van der Waals surface area contributed by atoms with Crippen LogP contribution in [0, 0.1) is 11.8 Å². The molecule has 3 atom stereocenters. The van der Waals surface area contributed by atoms with E-state index >= 15 is 0 Å². The monoisotopic (exact) mass is 255 g/mol. The third kappa shape index (κ3) is 3.71. The quantitative estimate of drug-likeness (QED) is 0.764. The Hall–Kier alpha value is -0.570. The summed E-state index contributed by atoms with van der Waals surface area (Å²) in [5.41, 5.74) is -0.760. The minimum atomic E-state index is -0.760. The van der Waals surface area contributed by atoms with Crippen molar-refractivity contribution in [3.8, 4) is 0 Å². The van der Waals surface area contributed by atoms with Gasteiger partial charge in [0.05, 0.1) is 0 Å². The van der Waals surface area contributed by atoms with E-state index < -0.39 is 11.5 Å². The lowest BCUT2D eigenvalue weighted by molar-refractivity contribution is -0.145. The number of carboxylic acids is 1. The minimum Gasteiger partial charge on any atom is -0.480 e. The van der Waals surface area contributed by atoms with Crippen molar-refractivity contribution in [2.45, 2.75) is 77.8 Å². The van der Waals surface area contributed by atoms with E-state index in [1.54, 1.807) is 0 Å². The second-order valence-corrected chi connectivity index (χ2v) is 6.33. The Kier molecular flexibility index (Phi) is 5.64. The first-order chi connectivity index (χ1) is 8.40. The second-order valence-electron chi connectivity index (χ2n) is 6.33. The van der Waals surface area contributed by atoms with Gasteiger partial charge in [-0.1, -0.05) is 40.0 Å². The normalized spacial score (nSPS) is 28.1. The average molecular weight is 255 g/mol. The fourth-order valence-corrected chi connectivity index (χ4v) is 3.29. The molecule has 1 fully saturated rings. The number of aliphatic carboxylic acids is 1. The number of rotatable bonds is 6. The molecule has 1 saturated carbocycles. The van der Waals surface area contributed by atoms with Crippen LogP contribution in [-0.4, -0.2) is 22.7 Å². The van der Waals surface area contributed by atoms with Gasteiger partial charge in [-0.25, -0.2) is 0 Å². The van der Waals surface area contributed by atoms with Crippen LogP contribution >= 0.6 is 0 Å². The van der Waals surface area contributed by atoms with Crippen molar-refractivity contribution >= 4 is 5.97 Å². The van der Waals surface area contributed by atoms with Crippen LogP contribution in [0.3, 0.4) is 0 Å². The van der Waals surface area contributed by atoms with Crippen molar-refractivity contribution in [1.29, 1.82) is 0 Å². The number of nitrogens with one attached hydrogen (secondary N) is 1. The number of hydrogen-bond donors (Lipinski definition) is 2. The molecule has 0 saturated heterocycles. The molecule has 3 unspecified atom stereocenters. The molecule has 0 heterocycles. The first-order valence-corrected chi connectivity index (χ1v) is 7.41. The minimum absolute atomic E-state index is 0.367. The van der Waals surface area contributed by atoms with Gasteiger partial charge in [-0.05, 0) is 38.0 Å². The van der Waals surface area contributed by atoms with E-state index in [1.165, 1.54) is 19.3 Å². The summed E-state index contributed by atoms with van der Waals surface area (Å²) in [5, 5.41) is 12.9. The molecule has 0 aromatic carbocycles. The summed E-state index contributed by atoms with van der Waals surface area (Å²) in [6.07, 6.45) is 6.46. The van der Waals surface area contributed by atoms with E-state index in [4.69, 9.17) is 0 Å². The smallest absolute Gasteiger partial charge is 0.323 e. The van der Waals surface area contributed by atoms with E-state index in [9.17, 15) is 9.90 Å². The van der Waals surface area contributed by atoms with Gasteiger partial charge >= 0.3 is 5.97 Å². The Bertz CT molecular complexity index is 278. The highest BCUT2D eigenvalue weighted by atomic mass is 16.4. The molecule has 0 radical (unpaired) electrons. The zero-order valence-electron chi connectivity index (χ0n) is 12.3. The van der Waals surface area contributed by atoms with Crippen molar-refractivity contribution < 1.29 is 9.90 Å². The average Bonchev–Trinajstić information content (AvgIpc) is 2.29. The van der Waals surface area contributed by atoms with Crippen LogP contribution in [0.4, 0.5) is 0 Å². The molecule has 3 heteroatoms. The fourth-order valence-electron chi connectivity index (χ4n) is 3.29. The summed E-state index contributed by atoms with van der Waals surface area (Å²) < 4.78 is 0. The van der Waals surface area contributed by atoms with Crippen LogP contribution in [0.15, 0.2) is 0 Å². The number of carboxylic acid groups (broad SMARTS) is 1. The third-order valence-corrected chi connectivity index (χ3v) is 4.40. The summed E-state index contributed by atoms with van der Waals surface area (Å²) in [6, 6.07) is 0.367. The molecule has 1 aliphatic carbocycles. The zero-order valence-corrected chi connectivity index (χ0v) is 12.3. The Labute approximate surface area is 111 Å². The third-order valence-electron chi connectivity index (χ3n) is 4.40. The lowest BCUT2D eigenvalue weighted by atomic mass is 9.76. The molecule has 3 nitrogen and oxygen atoms in total. The summed E-state index contributed by atoms with van der Waals surface area (Å²) in [5.74, 6) is 0.536. The maximum Gasteiger partial charge on any atom is 0.323 e. The maximum atomic E-state index is 11.5. The van der Waals surface area contributed by atoms with Gasteiger partial charge in [-0.2, -0.15) is 0 Å². The first-order valence-electron chi connectivity index (χ1n) is 7.41. The summed E-state index contributed by atoms with van der Waals surface area (Å²) in [7, 11) is 0. The molecule has 106 valence electrons. The molecule has 1 aliphatic rings. The van der Waals surface area contributed by atoms with Crippen LogP contribution < -0.4 is 5.32 Å². The van der Waals surface area contributed by atoms with Gasteiger partial charge in [0.2, 0.25) is 0 Å². The van der Waals surface area contributed by atoms with Crippen LogP contribution in [0.2, 0.25) is 0 Å². The van der Waals surface area contributed by atoms with E-state index in [-0.39, 0.29) is 0 Å². The molecule has 0 aromatic rings. The highest BCUT2D eigenvalue weighted by Gasteiger charge is 2.38. The SMILES string of the molecule is CCCC(C)(NC1CCCCC1C(C)C)C(=O)O. The Morgan fingerprint density at radius 1 is 1.39 bits per heavy atom. The summed E-state index contributed by atoms with van der Waals surface area (Å²) >= 11 is 0. The molecule has 0 aromatic heterocycles. The molecular formula is C15H29NO2. The highest BCUT2D eigenvalue weighted by molar-refractivity contribution is 5.78. The number of carbonyl (C=O) groups is 1. The van der Waals surface area contributed by atoms with Gasteiger partial charge in [-0.15, -0.1) is 0 Å². The van der Waals surface area contributed by atoms with E-state index in [2.05, 4.69) is 19.2 Å². The first kappa shape index (κ1) is 15.5. The van der Waals surface area contributed by atoms with Gasteiger partial charge in [0, 0.05) is 6.04 Å². The van der Waals surface area contributed by atoms with Crippen molar-refractivity contribution in [2.24, 2.45) is 11.8 Å². The van der Waals surface area contributed by atoms with Crippen molar-refractivity contribution in [3.63, 3.8) is 0 Å². The van der Waals surface area contributed by atoms with Crippen LogP contribution in [0.5, 0.6) is 0 Å².